The van der Waals surface area contributed by atoms with E-state index in [1.165, 1.54) is 30.6 Å². The second-order valence-electron chi connectivity index (χ2n) is 5.09. The number of carbonyl (C=O) groups excluding carboxylic acids is 1. The van der Waals surface area contributed by atoms with Crippen LogP contribution in [0.15, 0.2) is 0 Å². The zero-order valence-corrected chi connectivity index (χ0v) is 14.0. The fourth-order valence-electron chi connectivity index (χ4n) is 2.40. The maximum atomic E-state index is 11.8. The van der Waals surface area contributed by atoms with Gasteiger partial charge in [0.25, 0.3) is 0 Å². The maximum Gasteiger partial charge on any atom is 0.350 e. The summed E-state index contributed by atoms with van der Waals surface area (Å²) in [4.78, 5) is 16.6. The first-order valence-electron chi connectivity index (χ1n) is 7.32. The largest absolute Gasteiger partial charge is 0.462 e. The van der Waals surface area contributed by atoms with E-state index in [4.69, 9.17) is 17.0 Å². The smallest absolute Gasteiger partial charge is 0.350 e. The van der Waals surface area contributed by atoms with Crippen LogP contribution in [0.3, 0.4) is 0 Å². The summed E-state index contributed by atoms with van der Waals surface area (Å²) in [5.74, 6) is -0.327. The number of hydrogen-bond acceptors (Lipinski definition) is 5. The van der Waals surface area contributed by atoms with Crippen molar-refractivity contribution in [2.45, 2.75) is 52.0 Å². The highest BCUT2D eigenvalue weighted by Crippen LogP contribution is 2.23. The van der Waals surface area contributed by atoms with Crippen LogP contribution in [-0.2, 0) is 4.74 Å². The molecule has 116 valence electrons. The lowest BCUT2D eigenvalue weighted by molar-refractivity contribution is 0.0531. The molecule has 1 aromatic rings. The summed E-state index contributed by atoms with van der Waals surface area (Å²) in [6, 6.07) is 0.448. The molecule has 1 aliphatic rings. The summed E-state index contributed by atoms with van der Waals surface area (Å²) in [6.45, 7) is 3.95. The van der Waals surface area contributed by atoms with Gasteiger partial charge in [0.15, 0.2) is 10.2 Å². The lowest BCUT2D eigenvalue weighted by Gasteiger charge is -2.23. The highest BCUT2D eigenvalue weighted by molar-refractivity contribution is 7.80. The third kappa shape index (κ3) is 4.64. The molecule has 0 unspecified atom stereocenters. The Hall–Kier alpha value is -1.21. The van der Waals surface area contributed by atoms with Gasteiger partial charge in [-0.1, -0.05) is 30.6 Å². The molecule has 1 aromatic heterocycles. The summed E-state index contributed by atoms with van der Waals surface area (Å²) >= 11 is 6.59. The van der Waals surface area contributed by atoms with E-state index in [-0.39, 0.29) is 5.97 Å². The predicted molar refractivity (Wildman–Crippen MR) is 89.0 cm³/mol. The van der Waals surface area contributed by atoms with Gasteiger partial charge in [-0.2, -0.15) is 0 Å². The van der Waals surface area contributed by atoms with E-state index < -0.39 is 0 Å². The minimum absolute atomic E-state index is 0.327. The number of anilines is 1. The molecule has 1 saturated carbocycles. The zero-order chi connectivity index (χ0) is 15.2. The highest BCUT2D eigenvalue weighted by Gasteiger charge is 2.18. The number of rotatable bonds is 4. The van der Waals surface area contributed by atoms with E-state index >= 15 is 0 Å². The molecule has 7 heteroatoms. The number of thiazole rings is 1. The Bertz CT molecular complexity index is 510. The number of aryl methyl sites for hydroxylation is 1. The summed E-state index contributed by atoms with van der Waals surface area (Å²) < 4.78 is 5.00. The molecule has 0 spiro atoms. The van der Waals surface area contributed by atoms with Crippen molar-refractivity contribution in [1.82, 2.24) is 10.3 Å². The normalized spacial score (nSPS) is 15.5. The Kier molecular flexibility index (Phi) is 5.93. The number of ether oxygens (including phenoxy) is 1. The molecule has 1 heterocycles. The minimum atomic E-state index is -0.327. The van der Waals surface area contributed by atoms with Crippen molar-refractivity contribution in [3.8, 4) is 0 Å². The molecule has 2 rings (SSSR count). The van der Waals surface area contributed by atoms with E-state index in [2.05, 4.69) is 15.6 Å². The van der Waals surface area contributed by atoms with Crippen LogP contribution in [0.5, 0.6) is 0 Å². The third-order valence-electron chi connectivity index (χ3n) is 3.42. The average molecular weight is 327 g/mol. The maximum absolute atomic E-state index is 11.8. The van der Waals surface area contributed by atoms with Crippen LogP contribution in [-0.4, -0.2) is 28.7 Å². The second-order valence-corrected chi connectivity index (χ2v) is 6.49. The molecular formula is C14H21N3O2S2. The Labute approximate surface area is 134 Å². The zero-order valence-electron chi connectivity index (χ0n) is 12.4. The fourth-order valence-corrected chi connectivity index (χ4v) is 3.59. The monoisotopic (exact) mass is 327 g/mol. The van der Waals surface area contributed by atoms with Gasteiger partial charge in [0.1, 0.15) is 4.88 Å². The van der Waals surface area contributed by atoms with Crippen molar-refractivity contribution in [2.24, 2.45) is 0 Å². The lowest BCUT2D eigenvalue weighted by Crippen LogP contribution is -2.38. The summed E-state index contributed by atoms with van der Waals surface area (Å²) in [6.07, 6.45) is 6.14. The van der Waals surface area contributed by atoms with E-state index in [0.29, 0.717) is 33.5 Å². The molecular weight excluding hydrogens is 306 g/mol. The molecule has 0 aliphatic heterocycles. The Morgan fingerprint density at radius 1 is 1.43 bits per heavy atom. The van der Waals surface area contributed by atoms with Crippen molar-refractivity contribution in [2.75, 3.05) is 11.9 Å². The molecule has 0 amide bonds. The van der Waals surface area contributed by atoms with Crippen molar-refractivity contribution in [3.05, 3.63) is 10.6 Å². The number of esters is 1. The van der Waals surface area contributed by atoms with Crippen LogP contribution in [0, 0.1) is 6.92 Å². The van der Waals surface area contributed by atoms with Gasteiger partial charge in [-0.25, -0.2) is 9.78 Å². The fraction of sp³-hybridized carbons (Fsp3) is 0.643. The Morgan fingerprint density at radius 3 is 2.81 bits per heavy atom. The molecule has 0 aromatic carbocycles. The van der Waals surface area contributed by atoms with Gasteiger partial charge < -0.3 is 15.4 Å². The highest BCUT2D eigenvalue weighted by atomic mass is 32.1. The number of thiocarbonyl (C=S) groups is 1. The van der Waals surface area contributed by atoms with E-state index in [9.17, 15) is 4.79 Å². The van der Waals surface area contributed by atoms with Crippen LogP contribution in [0.1, 0.15) is 54.4 Å². The van der Waals surface area contributed by atoms with Gasteiger partial charge in [-0.15, -0.1) is 0 Å². The van der Waals surface area contributed by atoms with E-state index in [1.54, 1.807) is 13.8 Å². The number of aromatic nitrogens is 1. The molecule has 0 bridgehead atoms. The summed E-state index contributed by atoms with van der Waals surface area (Å²) in [5.41, 5.74) is 0.668. The molecule has 5 nitrogen and oxygen atoms in total. The van der Waals surface area contributed by atoms with Crippen LogP contribution >= 0.6 is 23.6 Å². The molecule has 2 N–H and O–H groups in total. The third-order valence-corrected chi connectivity index (χ3v) is 4.69. The van der Waals surface area contributed by atoms with Crippen LogP contribution in [0.25, 0.3) is 0 Å². The van der Waals surface area contributed by atoms with Gasteiger partial charge in [0, 0.05) is 6.04 Å². The topological polar surface area (TPSA) is 63.2 Å². The predicted octanol–water partition coefficient (Wildman–Crippen LogP) is 3.25. The summed E-state index contributed by atoms with van der Waals surface area (Å²) in [5, 5.41) is 7.59. The lowest BCUT2D eigenvalue weighted by atomic mass is 9.96. The molecule has 0 saturated heterocycles. The first kappa shape index (κ1) is 16.2. The molecule has 1 aliphatic carbocycles. The average Bonchev–Trinajstić information content (AvgIpc) is 2.80. The van der Waals surface area contributed by atoms with Crippen molar-refractivity contribution in [1.29, 1.82) is 0 Å². The number of nitrogens with zero attached hydrogens (tertiary/aromatic N) is 1. The van der Waals surface area contributed by atoms with Gasteiger partial charge in [0.05, 0.1) is 12.3 Å². The van der Waals surface area contributed by atoms with Crippen molar-refractivity contribution < 1.29 is 9.53 Å². The Balaban J connectivity index is 1.91. The minimum Gasteiger partial charge on any atom is -0.462 e. The van der Waals surface area contributed by atoms with E-state index in [1.807, 2.05) is 0 Å². The SMILES string of the molecule is CCOC(=O)c1sc(NC(=S)NC2CCCCC2)nc1C. The quantitative estimate of drug-likeness (QED) is 0.654. The Morgan fingerprint density at radius 2 is 2.14 bits per heavy atom. The number of carbonyl (C=O) groups is 1. The van der Waals surface area contributed by atoms with Gasteiger partial charge in [0.2, 0.25) is 0 Å². The van der Waals surface area contributed by atoms with Crippen LogP contribution < -0.4 is 10.6 Å². The summed E-state index contributed by atoms with van der Waals surface area (Å²) in [7, 11) is 0. The van der Waals surface area contributed by atoms with Gasteiger partial charge >= 0.3 is 5.97 Å². The van der Waals surface area contributed by atoms with Crippen molar-refractivity contribution in [3.63, 3.8) is 0 Å². The van der Waals surface area contributed by atoms with Gasteiger partial charge in [-0.05, 0) is 38.9 Å². The number of hydrogen-bond donors (Lipinski definition) is 2. The number of nitrogens with one attached hydrogen (secondary N) is 2. The molecule has 0 atom stereocenters. The molecule has 0 radical (unpaired) electrons. The van der Waals surface area contributed by atoms with E-state index in [0.717, 1.165) is 12.8 Å². The second kappa shape index (κ2) is 7.70. The first-order chi connectivity index (χ1) is 10.1. The molecule has 21 heavy (non-hydrogen) atoms. The van der Waals surface area contributed by atoms with Crippen LogP contribution in [0.4, 0.5) is 5.13 Å². The standard InChI is InChI=1S/C14H21N3O2S2/c1-3-19-12(18)11-9(2)15-14(21-11)17-13(20)16-10-7-5-4-6-8-10/h10H,3-8H2,1-2H3,(H2,15,16,17,20). The van der Waals surface area contributed by atoms with Crippen molar-refractivity contribution >= 4 is 39.8 Å². The molecule has 1 fully saturated rings. The first-order valence-corrected chi connectivity index (χ1v) is 8.54. The van der Waals surface area contributed by atoms with Gasteiger partial charge in [-0.3, -0.25) is 0 Å². The van der Waals surface area contributed by atoms with Crippen LogP contribution in [0.2, 0.25) is 0 Å².